The Balaban J connectivity index is 0.00000126. The molecular formula is C21H24ClN3O2. The summed E-state index contributed by atoms with van der Waals surface area (Å²) in [6.45, 7) is 2.28. The van der Waals surface area contributed by atoms with Crippen molar-refractivity contribution >= 4 is 34.8 Å². The second-order valence-corrected chi connectivity index (χ2v) is 6.50. The van der Waals surface area contributed by atoms with Crippen LogP contribution in [-0.2, 0) is 22.6 Å². The van der Waals surface area contributed by atoms with Crippen LogP contribution in [0.3, 0.4) is 0 Å². The fourth-order valence-electron chi connectivity index (χ4n) is 2.96. The number of carbonyl (C=O) groups is 2. The van der Waals surface area contributed by atoms with Crippen LogP contribution in [0.15, 0.2) is 48.7 Å². The van der Waals surface area contributed by atoms with Crippen molar-refractivity contribution in [2.75, 3.05) is 7.05 Å². The normalized spacial score (nSPS) is 10.2. The first-order chi connectivity index (χ1) is 13.1. The topological polar surface area (TPSA) is 79.2 Å². The average Bonchev–Trinajstić information content (AvgIpc) is 3.10. The van der Waals surface area contributed by atoms with E-state index in [1.54, 1.807) is 0 Å². The Kier molecular flexibility index (Phi) is 7.58. The van der Waals surface area contributed by atoms with Gasteiger partial charge in [0, 0.05) is 18.0 Å². The molecule has 3 rings (SSSR count). The third-order valence-corrected chi connectivity index (χ3v) is 4.56. The second kappa shape index (κ2) is 9.90. The van der Waals surface area contributed by atoms with Crippen LogP contribution in [0.5, 0.6) is 0 Å². The van der Waals surface area contributed by atoms with Gasteiger partial charge in [-0.25, -0.2) is 0 Å². The largest absolute Gasteiger partial charge is 0.360 e. The Morgan fingerprint density at radius 1 is 1.22 bits per heavy atom. The summed E-state index contributed by atoms with van der Waals surface area (Å²) < 4.78 is 0. The molecule has 2 amide bonds. The van der Waals surface area contributed by atoms with Gasteiger partial charge in [0.25, 0.3) is 0 Å². The molecule has 0 fully saturated rings. The number of nitrogens with one attached hydrogen (secondary N) is 1. The van der Waals surface area contributed by atoms with Crippen LogP contribution in [0, 0.1) is 6.92 Å². The van der Waals surface area contributed by atoms with E-state index in [1.165, 1.54) is 11.9 Å². The lowest BCUT2D eigenvalue weighted by atomic mass is 10.1. The second-order valence-electron chi connectivity index (χ2n) is 6.09. The van der Waals surface area contributed by atoms with Gasteiger partial charge in [0.05, 0.1) is 17.1 Å². The number of hydrogen-bond acceptors (Lipinski definition) is 3. The van der Waals surface area contributed by atoms with Crippen molar-refractivity contribution in [3.8, 4) is 0 Å². The van der Waals surface area contributed by atoms with Crippen LogP contribution in [0.1, 0.15) is 23.1 Å². The number of nitrogens with zero attached hydrogens (tertiary/aromatic N) is 1. The molecule has 142 valence electrons. The molecule has 2 aromatic carbocycles. The Morgan fingerprint density at radius 2 is 1.96 bits per heavy atom. The number of fused-ring (bicyclic) bond motifs is 1. The molecule has 0 atom stereocenters. The predicted octanol–water partition coefficient (Wildman–Crippen LogP) is 3.82. The molecule has 0 bridgehead atoms. The molecule has 6 heteroatoms. The van der Waals surface area contributed by atoms with E-state index in [9.17, 15) is 9.59 Å². The molecule has 0 aliphatic rings. The highest BCUT2D eigenvalue weighted by Crippen LogP contribution is 2.26. The summed E-state index contributed by atoms with van der Waals surface area (Å²) >= 11 is 6.16. The minimum atomic E-state index is -0.187. The summed E-state index contributed by atoms with van der Waals surface area (Å²) in [5.74, 6) is -0.187. The predicted molar refractivity (Wildman–Crippen MR) is 110 cm³/mol. The molecule has 5 nitrogen and oxygen atoms in total. The molecule has 0 aliphatic carbocycles. The lowest BCUT2D eigenvalue weighted by Crippen LogP contribution is -2.29. The smallest absolute Gasteiger partial charge is 0.229 e. The molecule has 1 aromatic heterocycles. The molecule has 0 aliphatic heterocycles. The van der Waals surface area contributed by atoms with Gasteiger partial charge >= 0.3 is 0 Å². The number of aromatic nitrogens is 1. The fourth-order valence-corrected chi connectivity index (χ4v) is 3.19. The number of amides is 2. The number of halogens is 1. The van der Waals surface area contributed by atoms with E-state index < -0.39 is 0 Å². The van der Waals surface area contributed by atoms with Crippen molar-refractivity contribution in [1.82, 2.24) is 9.88 Å². The van der Waals surface area contributed by atoms with Gasteiger partial charge in [-0.05, 0) is 37.6 Å². The maximum Gasteiger partial charge on any atom is 0.229 e. The molecule has 0 saturated heterocycles. The summed E-state index contributed by atoms with van der Waals surface area (Å²) in [6.07, 6.45) is 3.30. The van der Waals surface area contributed by atoms with E-state index >= 15 is 0 Å². The number of aromatic amines is 1. The molecule has 0 spiro atoms. The number of nitrogens with two attached hydrogens (primary N) is 1. The van der Waals surface area contributed by atoms with E-state index in [-0.39, 0.29) is 12.3 Å². The molecule has 0 radical (unpaired) electrons. The quantitative estimate of drug-likeness (QED) is 0.633. The molecule has 3 aromatic rings. The van der Waals surface area contributed by atoms with E-state index in [4.69, 9.17) is 11.6 Å². The van der Waals surface area contributed by atoms with Crippen LogP contribution >= 0.6 is 11.6 Å². The average molecular weight is 386 g/mol. The Bertz CT molecular complexity index is 921. The van der Waals surface area contributed by atoms with E-state index in [0.717, 1.165) is 27.6 Å². The number of carbonyl (C=O) groups excluding carboxylic acids is 2. The van der Waals surface area contributed by atoms with Gasteiger partial charge in [-0.3, -0.25) is 14.5 Å². The van der Waals surface area contributed by atoms with Crippen LogP contribution in [0.25, 0.3) is 10.9 Å². The number of hydrogen-bond donors (Lipinski definition) is 2. The van der Waals surface area contributed by atoms with Crippen molar-refractivity contribution in [1.29, 1.82) is 0 Å². The van der Waals surface area contributed by atoms with Gasteiger partial charge in [-0.1, -0.05) is 53.6 Å². The van der Waals surface area contributed by atoms with Crippen molar-refractivity contribution < 1.29 is 9.59 Å². The Hall–Kier alpha value is -2.63. The highest BCUT2D eigenvalue weighted by Gasteiger charge is 2.15. The summed E-state index contributed by atoms with van der Waals surface area (Å²) in [7, 11) is 1.50. The van der Waals surface area contributed by atoms with Gasteiger partial charge in [0.2, 0.25) is 12.3 Å². The Labute approximate surface area is 164 Å². The minimum Gasteiger partial charge on any atom is -0.360 e. The van der Waals surface area contributed by atoms with Crippen molar-refractivity contribution in [3.05, 3.63) is 70.4 Å². The van der Waals surface area contributed by atoms with Crippen molar-refractivity contribution in [2.45, 2.75) is 26.3 Å². The van der Waals surface area contributed by atoms with Gasteiger partial charge < -0.3 is 10.7 Å². The van der Waals surface area contributed by atoms with Crippen LogP contribution in [0.4, 0.5) is 0 Å². The van der Waals surface area contributed by atoms with Crippen LogP contribution in [-0.4, -0.2) is 29.2 Å². The highest BCUT2D eigenvalue weighted by molar-refractivity contribution is 6.35. The monoisotopic (exact) mass is 385 g/mol. The number of para-hydroxylation sites is 1. The van der Waals surface area contributed by atoms with Gasteiger partial charge in [-0.15, -0.1) is 0 Å². The molecule has 0 unspecified atom stereocenters. The van der Waals surface area contributed by atoms with Crippen LogP contribution < -0.4 is 5.73 Å². The zero-order valence-corrected chi connectivity index (χ0v) is 16.3. The SMILES string of the molecule is CN.Cc1cccc(CN(C=O)C(=O)CCc2c[nH]c3c(Cl)cccc23)c1. The summed E-state index contributed by atoms with van der Waals surface area (Å²) in [4.78, 5) is 28.1. The number of aryl methyl sites for hydroxylation is 2. The molecule has 27 heavy (non-hydrogen) atoms. The highest BCUT2D eigenvalue weighted by atomic mass is 35.5. The maximum absolute atomic E-state index is 12.4. The third-order valence-electron chi connectivity index (χ3n) is 4.24. The zero-order chi connectivity index (χ0) is 19.8. The van der Waals surface area contributed by atoms with Crippen molar-refractivity contribution in [2.24, 2.45) is 5.73 Å². The summed E-state index contributed by atoms with van der Waals surface area (Å²) in [5.41, 5.74) is 8.44. The summed E-state index contributed by atoms with van der Waals surface area (Å²) in [6, 6.07) is 13.5. The fraction of sp³-hybridized carbons (Fsp3) is 0.238. The first kappa shape index (κ1) is 20.7. The summed E-state index contributed by atoms with van der Waals surface area (Å²) in [5, 5.41) is 1.67. The molecule has 1 heterocycles. The number of benzene rings is 2. The van der Waals surface area contributed by atoms with Gasteiger partial charge in [0.1, 0.15) is 0 Å². The van der Waals surface area contributed by atoms with E-state index in [2.05, 4.69) is 10.7 Å². The van der Waals surface area contributed by atoms with Crippen LogP contribution in [0.2, 0.25) is 5.02 Å². The van der Waals surface area contributed by atoms with Gasteiger partial charge in [-0.2, -0.15) is 0 Å². The molecule has 0 saturated carbocycles. The number of imide groups is 1. The van der Waals surface area contributed by atoms with Gasteiger partial charge in [0.15, 0.2) is 0 Å². The minimum absolute atomic E-state index is 0.187. The van der Waals surface area contributed by atoms with Crippen molar-refractivity contribution in [3.63, 3.8) is 0 Å². The standard InChI is InChI=1S/C20H19ClN2O2.CH5N/c1-14-4-2-5-15(10-14)12-23(13-24)19(25)9-8-16-11-22-20-17(16)6-3-7-18(20)21;1-2/h2-7,10-11,13,22H,8-9,12H2,1H3;2H2,1H3. The molecule has 3 N–H and O–H groups in total. The first-order valence-corrected chi connectivity index (χ1v) is 9.09. The third kappa shape index (κ3) is 5.18. The lowest BCUT2D eigenvalue weighted by molar-refractivity contribution is -0.138. The van der Waals surface area contributed by atoms with E-state index in [1.807, 2.05) is 55.6 Å². The maximum atomic E-state index is 12.4. The number of H-pyrrole nitrogens is 1. The first-order valence-electron chi connectivity index (χ1n) is 8.71. The lowest BCUT2D eigenvalue weighted by Gasteiger charge is -2.16. The number of rotatable bonds is 6. The Morgan fingerprint density at radius 3 is 2.67 bits per heavy atom. The van der Waals surface area contributed by atoms with E-state index in [0.29, 0.717) is 24.4 Å². The molecular weight excluding hydrogens is 362 g/mol. The zero-order valence-electron chi connectivity index (χ0n) is 15.5.